The van der Waals surface area contributed by atoms with E-state index < -0.39 is 12.0 Å². The van der Waals surface area contributed by atoms with Gasteiger partial charge in [0, 0.05) is 36.3 Å². The first-order valence-corrected chi connectivity index (χ1v) is 7.69. The average molecular weight is 314 g/mol. The maximum atomic E-state index is 13.0. The average Bonchev–Trinajstić information content (AvgIpc) is 2.88. The van der Waals surface area contributed by atoms with E-state index >= 15 is 0 Å². The number of nitrogens with one attached hydrogen (secondary N) is 1. The number of alkyl halides is 3. The Bertz CT molecular complexity index is 565. The summed E-state index contributed by atoms with van der Waals surface area (Å²) < 4.78 is 39.0. The molecule has 0 bridgehead atoms. The second kappa shape index (κ2) is 5.37. The summed E-state index contributed by atoms with van der Waals surface area (Å²) in [5, 5.41) is 3.38. The summed E-state index contributed by atoms with van der Waals surface area (Å²) in [7, 11) is 0. The molecule has 2 fully saturated rings. The maximum absolute atomic E-state index is 13.0. The van der Waals surface area contributed by atoms with Crippen LogP contribution in [0.15, 0.2) is 0 Å². The van der Waals surface area contributed by atoms with E-state index in [1.165, 1.54) is 0 Å². The van der Waals surface area contributed by atoms with Gasteiger partial charge in [0.15, 0.2) is 0 Å². The van der Waals surface area contributed by atoms with Crippen molar-refractivity contribution in [3.05, 3.63) is 17.1 Å². The Balaban J connectivity index is 1.95. The molecule has 3 heterocycles. The molecule has 2 aliphatic heterocycles. The molecule has 0 saturated carbocycles. The second-order valence-electron chi connectivity index (χ2n) is 6.53. The van der Waals surface area contributed by atoms with Gasteiger partial charge in [-0.25, -0.2) is 9.97 Å². The SMILES string of the molecule is Cc1nc(C(F)(F)F)nc(N2CCCC3(CCNC3)C2)c1C. The first-order valence-electron chi connectivity index (χ1n) is 7.69. The fourth-order valence-corrected chi connectivity index (χ4v) is 3.58. The number of halogens is 3. The third-order valence-electron chi connectivity index (χ3n) is 4.91. The van der Waals surface area contributed by atoms with E-state index in [0.717, 1.165) is 51.0 Å². The van der Waals surface area contributed by atoms with Crippen LogP contribution >= 0.6 is 0 Å². The minimum atomic E-state index is -4.50. The fourth-order valence-electron chi connectivity index (χ4n) is 3.58. The van der Waals surface area contributed by atoms with Crippen LogP contribution in [0.1, 0.15) is 36.3 Å². The van der Waals surface area contributed by atoms with Crippen molar-refractivity contribution in [3.8, 4) is 0 Å². The number of rotatable bonds is 1. The number of anilines is 1. The van der Waals surface area contributed by atoms with E-state index in [4.69, 9.17) is 0 Å². The van der Waals surface area contributed by atoms with Crippen molar-refractivity contribution in [3.63, 3.8) is 0 Å². The quantitative estimate of drug-likeness (QED) is 0.865. The standard InChI is InChI=1S/C15H21F3N4/c1-10-11(2)20-13(15(16,17)18)21-12(10)22-7-3-4-14(9-22)5-6-19-8-14/h19H,3-9H2,1-2H3. The van der Waals surface area contributed by atoms with E-state index in [-0.39, 0.29) is 5.41 Å². The van der Waals surface area contributed by atoms with Crippen LogP contribution in [0, 0.1) is 19.3 Å². The summed E-state index contributed by atoms with van der Waals surface area (Å²) in [5.41, 5.74) is 1.33. The van der Waals surface area contributed by atoms with Crippen LogP contribution in [-0.2, 0) is 6.18 Å². The van der Waals surface area contributed by atoms with Crippen LogP contribution in [0.25, 0.3) is 0 Å². The third-order valence-corrected chi connectivity index (χ3v) is 4.91. The lowest BCUT2D eigenvalue weighted by atomic mass is 9.79. The minimum Gasteiger partial charge on any atom is -0.356 e. The highest BCUT2D eigenvalue weighted by molar-refractivity contribution is 5.49. The Morgan fingerprint density at radius 2 is 1.95 bits per heavy atom. The summed E-state index contributed by atoms with van der Waals surface area (Å²) in [5.74, 6) is -0.583. The first kappa shape index (κ1) is 15.5. The molecular formula is C15H21F3N4. The summed E-state index contributed by atoms with van der Waals surface area (Å²) in [4.78, 5) is 9.49. The fraction of sp³-hybridized carbons (Fsp3) is 0.733. The molecule has 1 unspecified atom stereocenters. The van der Waals surface area contributed by atoms with Gasteiger partial charge in [0.05, 0.1) is 0 Å². The summed E-state index contributed by atoms with van der Waals surface area (Å²) in [6.45, 7) is 6.89. The number of aromatic nitrogens is 2. The largest absolute Gasteiger partial charge is 0.451 e. The number of hydrogen-bond acceptors (Lipinski definition) is 4. The molecule has 0 amide bonds. The smallest absolute Gasteiger partial charge is 0.356 e. The maximum Gasteiger partial charge on any atom is 0.451 e. The molecular weight excluding hydrogens is 293 g/mol. The van der Waals surface area contributed by atoms with E-state index in [9.17, 15) is 13.2 Å². The molecule has 1 aromatic heterocycles. The van der Waals surface area contributed by atoms with E-state index in [2.05, 4.69) is 15.3 Å². The molecule has 2 aliphatic rings. The number of hydrogen-bond donors (Lipinski definition) is 1. The first-order chi connectivity index (χ1) is 10.3. The van der Waals surface area contributed by atoms with Crippen molar-refractivity contribution in [2.75, 3.05) is 31.1 Å². The highest BCUT2D eigenvalue weighted by Crippen LogP contribution is 2.38. The molecule has 22 heavy (non-hydrogen) atoms. The Kier molecular flexibility index (Phi) is 3.79. The van der Waals surface area contributed by atoms with E-state index in [1.54, 1.807) is 13.8 Å². The van der Waals surface area contributed by atoms with Crippen molar-refractivity contribution in [2.24, 2.45) is 5.41 Å². The van der Waals surface area contributed by atoms with Gasteiger partial charge in [-0.1, -0.05) is 0 Å². The van der Waals surface area contributed by atoms with Crippen LogP contribution in [0.5, 0.6) is 0 Å². The molecule has 4 nitrogen and oxygen atoms in total. The predicted octanol–water partition coefficient (Wildman–Crippen LogP) is 2.69. The second-order valence-corrected chi connectivity index (χ2v) is 6.53. The van der Waals surface area contributed by atoms with Gasteiger partial charge in [-0.15, -0.1) is 0 Å². The number of nitrogens with zero attached hydrogens (tertiary/aromatic N) is 3. The highest BCUT2D eigenvalue weighted by Gasteiger charge is 2.40. The van der Waals surface area contributed by atoms with Crippen molar-refractivity contribution < 1.29 is 13.2 Å². The Labute approximate surface area is 128 Å². The van der Waals surface area contributed by atoms with E-state index in [1.807, 2.05) is 4.90 Å². The molecule has 2 saturated heterocycles. The van der Waals surface area contributed by atoms with Gasteiger partial charge >= 0.3 is 6.18 Å². The summed E-state index contributed by atoms with van der Waals surface area (Å²) >= 11 is 0. The molecule has 1 N–H and O–H groups in total. The Morgan fingerprint density at radius 1 is 1.18 bits per heavy atom. The van der Waals surface area contributed by atoms with Crippen LogP contribution in [0.2, 0.25) is 0 Å². The summed E-state index contributed by atoms with van der Waals surface area (Å²) in [6.07, 6.45) is -1.30. The van der Waals surface area contributed by atoms with Gasteiger partial charge in [-0.3, -0.25) is 0 Å². The van der Waals surface area contributed by atoms with Gasteiger partial charge < -0.3 is 10.2 Å². The minimum absolute atomic E-state index is 0.182. The zero-order chi connectivity index (χ0) is 16.0. The monoisotopic (exact) mass is 314 g/mol. The van der Waals surface area contributed by atoms with Crippen molar-refractivity contribution in [1.29, 1.82) is 0 Å². The van der Waals surface area contributed by atoms with Gasteiger partial charge in [0.2, 0.25) is 5.82 Å². The molecule has 1 spiro atoms. The van der Waals surface area contributed by atoms with Crippen LogP contribution in [-0.4, -0.2) is 36.1 Å². The lowest BCUT2D eigenvalue weighted by molar-refractivity contribution is -0.145. The molecule has 7 heteroatoms. The van der Waals surface area contributed by atoms with Gasteiger partial charge in [0.25, 0.3) is 0 Å². The molecule has 122 valence electrons. The van der Waals surface area contributed by atoms with Crippen LogP contribution in [0.4, 0.5) is 19.0 Å². The zero-order valence-electron chi connectivity index (χ0n) is 12.9. The number of piperidine rings is 1. The molecule has 1 atom stereocenters. The van der Waals surface area contributed by atoms with Crippen molar-refractivity contribution in [1.82, 2.24) is 15.3 Å². The van der Waals surface area contributed by atoms with Gasteiger partial charge in [0.1, 0.15) is 5.82 Å². The van der Waals surface area contributed by atoms with Crippen molar-refractivity contribution in [2.45, 2.75) is 39.3 Å². The highest BCUT2D eigenvalue weighted by atomic mass is 19.4. The number of aryl methyl sites for hydroxylation is 1. The Morgan fingerprint density at radius 3 is 2.59 bits per heavy atom. The molecule has 3 rings (SSSR count). The lowest BCUT2D eigenvalue weighted by Crippen LogP contribution is -2.45. The predicted molar refractivity (Wildman–Crippen MR) is 77.9 cm³/mol. The van der Waals surface area contributed by atoms with Gasteiger partial charge in [-0.05, 0) is 39.7 Å². The zero-order valence-corrected chi connectivity index (χ0v) is 12.9. The molecule has 0 radical (unpaired) electrons. The van der Waals surface area contributed by atoms with Gasteiger partial charge in [-0.2, -0.15) is 13.2 Å². The lowest BCUT2D eigenvalue weighted by Gasteiger charge is -2.41. The third kappa shape index (κ3) is 2.78. The topological polar surface area (TPSA) is 41.1 Å². The van der Waals surface area contributed by atoms with E-state index in [0.29, 0.717) is 11.5 Å². The molecule has 1 aromatic rings. The van der Waals surface area contributed by atoms with Crippen LogP contribution in [0.3, 0.4) is 0 Å². The Hall–Kier alpha value is -1.37. The molecule has 0 aromatic carbocycles. The molecule has 0 aliphatic carbocycles. The normalized spacial score (nSPS) is 26.0. The summed E-state index contributed by atoms with van der Waals surface area (Å²) in [6, 6.07) is 0. The van der Waals surface area contributed by atoms with Crippen molar-refractivity contribution >= 4 is 5.82 Å². The van der Waals surface area contributed by atoms with Crippen LogP contribution < -0.4 is 10.2 Å².